The maximum Gasteiger partial charge on any atom is 0.434 e. The normalized spacial score (nSPS) is 24.6. The molecule has 41 heavy (non-hydrogen) atoms. The number of pyridine rings is 1. The fourth-order valence-electron chi connectivity index (χ4n) is 5.64. The third-order valence-corrected chi connectivity index (χ3v) is 7.59. The summed E-state index contributed by atoms with van der Waals surface area (Å²) in [5.41, 5.74) is -2.88. The number of fused-ring (bicyclic) bond motifs is 3. The number of aromatic amines is 1. The SMILES string of the molecule is O=C(CN1C(=O)C2(CC(Oc3ccc4n[nH]c(C(F)(F)F)c4n3)C2)c2c(F)cccc21)N1CCOC(C(F)(F)F)C1. The molecule has 1 atom stereocenters. The lowest BCUT2D eigenvalue weighted by Gasteiger charge is -2.43. The number of anilines is 1. The van der Waals surface area contributed by atoms with Gasteiger partial charge in [-0.15, -0.1) is 0 Å². The summed E-state index contributed by atoms with van der Waals surface area (Å²) in [6, 6.07) is 6.55. The Morgan fingerprint density at radius 1 is 1.15 bits per heavy atom. The van der Waals surface area contributed by atoms with Crippen molar-refractivity contribution in [2.45, 2.75) is 42.8 Å². The maximum absolute atomic E-state index is 15.1. The van der Waals surface area contributed by atoms with E-state index in [9.17, 15) is 35.9 Å². The van der Waals surface area contributed by atoms with Gasteiger partial charge in [-0.05, 0) is 18.2 Å². The average molecular weight is 587 g/mol. The molecule has 1 spiro atoms. The molecule has 1 aromatic carbocycles. The number of nitrogens with zero attached hydrogens (tertiary/aromatic N) is 4. The van der Waals surface area contributed by atoms with E-state index in [2.05, 4.69) is 10.1 Å². The average Bonchev–Trinajstić information content (AvgIpc) is 3.42. The molecule has 2 amide bonds. The van der Waals surface area contributed by atoms with Crippen molar-refractivity contribution in [3.63, 3.8) is 0 Å². The first-order valence-corrected chi connectivity index (χ1v) is 12.4. The van der Waals surface area contributed by atoms with Gasteiger partial charge in [0.2, 0.25) is 17.7 Å². The van der Waals surface area contributed by atoms with E-state index >= 15 is 4.39 Å². The lowest BCUT2D eigenvalue weighted by atomic mass is 9.63. The molecule has 2 fully saturated rings. The number of carbonyl (C=O) groups excluding carboxylic acids is 2. The predicted octanol–water partition coefficient (Wildman–Crippen LogP) is 3.73. The summed E-state index contributed by atoms with van der Waals surface area (Å²) < 4.78 is 105. The number of amides is 2. The van der Waals surface area contributed by atoms with Crippen LogP contribution in [0.5, 0.6) is 5.88 Å². The number of hydrogen-bond donors (Lipinski definition) is 1. The van der Waals surface area contributed by atoms with E-state index in [0.717, 1.165) is 15.9 Å². The van der Waals surface area contributed by atoms with Gasteiger partial charge in [0.05, 0.1) is 24.3 Å². The molecule has 2 aromatic heterocycles. The number of nitrogens with one attached hydrogen (secondary N) is 1. The fraction of sp³-hybridized carbons (Fsp3) is 0.440. The number of H-pyrrole nitrogens is 1. The second kappa shape index (κ2) is 9.29. The van der Waals surface area contributed by atoms with Crippen LogP contribution in [0.4, 0.5) is 36.4 Å². The largest absolute Gasteiger partial charge is 0.474 e. The van der Waals surface area contributed by atoms with Crippen LogP contribution in [0.15, 0.2) is 30.3 Å². The van der Waals surface area contributed by atoms with Gasteiger partial charge in [0.15, 0.2) is 11.8 Å². The lowest BCUT2D eigenvalue weighted by molar-refractivity contribution is -0.236. The lowest BCUT2D eigenvalue weighted by Crippen LogP contribution is -2.56. The van der Waals surface area contributed by atoms with E-state index in [1.54, 1.807) is 0 Å². The van der Waals surface area contributed by atoms with Crippen molar-refractivity contribution in [3.8, 4) is 5.88 Å². The van der Waals surface area contributed by atoms with Crippen molar-refractivity contribution >= 4 is 28.5 Å². The molecule has 1 N–H and O–H groups in total. The predicted molar refractivity (Wildman–Crippen MR) is 125 cm³/mol. The molecule has 6 rings (SSSR count). The number of morpholine rings is 1. The summed E-state index contributed by atoms with van der Waals surface area (Å²) in [5.74, 6) is -2.24. The van der Waals surface area contributed by atoms with Crippen LogP contribution in [0.2, 0.25) is 0 Å². The van der Waals surface area contributed by atoms with Crippen LogP contribution in [0.3, 0.4) is 0 Å². The minimum atomic E-state index is -4.73. The standard InChI is InChI=1S/C25H20F7N5O4/c26-13-2-1-3-15-19(13)23(22(39)37(15)11-18(38)36-6-7-40-16(10-36)24(27,28)29)8-12(9-23)41-17-5-4-14-20(33-17)21(35-34-14)25(30,31)32/h1-5,12,16H,6-11H2,(H,34,35). The molecule has 1 aliphatic carbocycles. The fourth-order valence-corrected chi connectivity index (χ4v) is 5.64. The molecule has 16 heteroatoms. The van der Waals surface area contributed by atoms with Crippen LogP contribution in [-0.4, -0.2) is 76.5 Å². The van der Waals surface area contributed by atoms with Crippen LogP contribution in [-0.2, 0) is 25.9 Å². The Bertz CT molecular complexity index is 1530. The highest BCUT2D eigenvalue weighted by atomic mass is 19.4. The van der Waals surface area contributed by atoms with Crippen molar-refractivity contribution in [3.05, 3.63) is 47.4 Å². The zero-order valence-corrected chi connectivity index (χ0v) is 20.9. The number of ether oxygens (including phenoxy) is 2. The molecule has 4 heterocycles. The Morgan fingerprint density at radius 2 is 1.90 bits per heavy atom. The highest BCUT2D eigenvalue weighted by molar-refractivity contribution is 6.11. The van der Waals surface area contributed by atoms with E-state index in [1.807, 2.05) is 5.10 Å². The van der Waals surface area contributed by atoms with E-state index in [4.69, 9.17) is 9.47 Å². The molecule has 3 aliphatic rings. The number of benzene rings is 1. The van der Waals surface area contributed by atoms with Gasteiger partial charge in [0, 0.05) is 31.0 Å². The first kappa shape index (κ1) is 27.2. The number of halogens is 7. The van der Waals surface area contributed by atoms with Crippen molar-refractivity contribution in [1.82, 2.24) is 20.1 Å². The quantitative estimate of drug-likeness (QED) is 0.467. The minimum Gasteiger partial charge on any atom is -0.474 e. The monoisotopic (exact) mass is 587 g/mol. The van der Waals surface area contributed by atoms with Gasteiger partial charge in [-0.3, -0.25) is 14.7 Å². The van der Waals surface area contributed by atoms with E-state index in [-0.39, 0.29) is 48.6 Å². The second-order valence-corrected chi connectivity index (χ2v) is 10.1. The Hall–Kier alpha value is -3.95. The van der Waals surface area contributed by atoms with Crippen molar-refractivity contribution in [2.75, 3.05) is 31.1 Å². The Balaban J connectivity index is 1.20. The highest BCUT2D eigenvalue weighted by Gasteiger charge is 2.61. The van der Waals surface area contributed by atoms with E-state index < -0.39 is 71.9 Å². The van der Waals surface area contributed by atoms with Gasteiger partial charge in [-0.25, -0.2) is 9.37 Å². The number of hydrogen-bond acceptors (Lipinski definition) is 6. The Morgan fingerprint density at radius 3 is 2.61 bits per heavy atom. The van der Waals surface area contributed by atoms with Crippen LogP contribution in [0.25, 0.3) is 11.0 Å². The van der Waals surface area contributed by atoms with E-state index in [0.29, 0.717) is 0 Å². The summed E-state index contributed by atoms with van der Waals surface area (Å²) in [4.78, 5) is 32.5. The number of alkyl halides is 6. The maximum atomic E-state index is 15.1. The van der Waals surface area contributed by atoms with Crippen LogP contribution in [0.1, 0.15) is 24.1 Å². The van der Waals surface area contributed by atoms with Gasteiger partial charge in [-0.1, -0.05) is 6.07 Å². The molecule has 1 unspecified atom stereocenters. The molecule has 0 bridgehead atoms. The molecule has 3 aromatic rings. The van der Waals surface area contributed by atoms with Gasteiger partial charge >= 0.3 is 12.4 Å². The summed E-state index contributed by atoms with van der Waals surface area (Å²) in [7, 11) is 0. The third kappa shape index (κ3) is 4.53. The van der Waals surface area contributed by atoms with Crippen LogP contribution < -0.4 is 9.64 Å². The highest BCUT2D eigenvalue weighted by Crippen LogP contribution is 2.55. The second-order valence-electron chi connectivity index (χ2n) is 10.1. The molecule has 1 saturated carbocycles. The number of rotatable bonds is 4. The summed E-state index contributed by atoms with van der Waals surface area (Å²) >= 11 is 0. The first-order chi connectivity index (χ1) is 19.3. The summed E-state index contributed by atoms with van der Waals surface area (Å²) in [6.07, 6.45) is -12.4. The van der Waals surface area contributed by atoms with Crippen molar-refractivity contribution < 1.29 is 49.8 Å². The van der Waals surface area contributed by atoms with Gasteiger partial charge in [0.1, 0.15) is 29.5 Å². The molecule has 1 saturated heterocycles. The summed E-state index contributed by atoms with van der Waals surface area (Å²) in [6.45, 7) is -1.77. The Labute approximate surface area is 226 Å². The molecule has 2 aliphatic heterocycles. The zero-order chi connectivity index (χ0) is 29.3. The van der Waals surface area contributed by atoms with Crippen LogP contribution >= 0.6 is 0 Å². The van der Waals surface area contributed by atoms with Crippen molar-refractivity contribution in [1.29, 1.82) is 0 Å². The molecular weight excluding hydrogens is 567 g/mol. The minimum absolute atomic E-state index is 0.0288. The first-order valence-electron chi connectivity index (χ1n) is 12.4. The molecule has 218 valence electrons. The third-order valence-electron chi connectivity index (χ3n) is 7.59. The molecule has 9 nitrogen and oxygen atoms in total. The zero-order valence-electron chi connectivity index (χ0n) is 20.9. The van der Waals surface area contributed by atoms with Gasteiger partial charge < -0.3 is 19.3 Å². The van der Waals surface area contributed by atoms with Gasteiger partial charge in [-0.2, -0.15) is 31.4 Å². The Kier molecular flexibility index (Phi) is 6.17. The van der Waals surface area contributed by atoms with Crippen molar-refractivity contribution in [2.24, 2.45) is 0 Å². The topological polar surface area (TPSA) is 101 Å². The molecular formula is C25H20F7N5O4. The smallest absolute Gasteiger partial charge is 0.434 e. The van der Waals surface area contributed by atoms with Gasteiger partial charge in [0.25, 0.3) is 0 Å². The number of carbonyl (C=O) groups is 2. The summed E-state index contributed by atoms with van der Waals surface area (Å²) in [5, 5.41) is 5.48. The number of aromatic nitrogens is 3. The molecule has 0 radical (unpaired) electrons. The van der Waals surface area contributed by atoms with Crippen LogP contribution in [0, 0.1) is 5.82 Å². The van der Waals surface area contributed by atoms with E-state index in [1.165, 1.54) is 24.3 Å².